The zero-order valence-electron chi connectivity index (χ0n) is 10.3. The van der Waals surface area contributed by atoms with Crippen LogP contribution in [0.25, 0.3) is 0 Å². The lowest BCUT2D eigenvalue weighted by Crippen LogP contribution is -2.52. The summed E-state index contributed by atoms with van der Waals surface area (Å²) in [5, 5.41) is 15.6. The maximum absolute atomic E-state index is 11.5. The molecule has 5 nitrogen and oxygen atoms in total. The van der Waals surface area contributed by atoms with Crippen LogP contribution in [0.3, 0.4) is 0 Å². The van der Waals surface area contributed by atoms with Crippen LogP contribution in [0.1, 0.15) is 33.6 Å². The number of hydrogen-bond donors (Lipinski definition) is 3. The van der Waals surface area contributed by atoms with E-state index in [4.69, 9.17) is 4.74 Å². The van der Waals surface area contributed by atoms with Crippen LogP contribution in [0.15, 0.2) is 0 Å². The van der Waals surface area contributed by atoms with Gasteiger partial charge in [-0.15, -0.1) is 0 Å². The van der Waals surface area contributed by atoms with Gasteiger partial charge in [-0.25, -0.2) is 4.79 Å². The zero-order chi connectivity index (χ0) is 12.2. The molecule has 0 unspecified atom stereocenters. The van der Waals surface area contributed by atoms with E-state index in [-0.39, 0.29) is 18.1 Å². The number of rotatable bonds is 2. The number of amides is 2. The topological polar surface area (TPSA) is 70.6 Å². The van der Waals surface area contributed by atoms with Gasteiger partial charge in [-0.2, -0.15) is 0 Å². The molecule has 1 aliphatic heterocycles. The molecule has 0 aromatic carbocycles. The standard InChI is InChI=1S/C11H22N2O3/c1-10(2,3)13-9(14)12-8-11(15)4-6-16-7-5-11/h15H,4-8H2,1-3H3,(H2,12,13,14). The molecule has 1 aliphatic rings. The van der Waals surface area contributed by atoms with E-state index in [9.17, 15) is 9.90 Å². The number of carbonyl (C=O) groups is 1. The summed E-state index contributed by atoms with van der Waals surface area (Å²) in [6.45, 7) is 7.12. The molecule has 0 aromatic rings. The zero-order valence-corrected chi connectivity index (χ0v) is 10.3. The number of urea groups is 1. The van der Waals surface area contributed by atoms with Crippen molar-refractivity contribution in [2.24, 2.45) is 0 Å². The molecule has 1 heterocycles. The number of carbonyl (C=O) groups excluding carboxylic acids is 1. The first-order valence-electron chi connectivity index (χ1n) is 5.67. The molecular weight excluding hydrogens is 208 g/mol. The van der Waals surface area contributed by atoms with Crippen LogP contribution in [0.5, 0.6) is 0 Å². The summed E-state index contributed by atoms with van der Waals surface area (Å²) >= 11 is 0. The van der Waals surface area contributed by atoms with Crippen molar-refractivity contribution in [3.63, 3.8) is 0 Å². The maximum atomic E-state index is 11.5. The van der Waals surface area contributed by atoms with Crippen molar-refractivity contribution in [2.45, 2.75) is 44.8 Å². The van der Waals surface area contributed by atoms with Crippen LogP contribution in [0, 0.1) is 0 Å². The van der Waals surface area contributed by atoms with Crippen molar-refractivity contribution in [2.75, 3.05) is 19.8 Å². The molecule has 0 atom stereocenters. The molecule has 0 aliphatic carbocycles. The van der Waals surface area contributed by atoms with Crippen molar-refractivity contribution in [3.05, 3.63) is 0 Å². The van der Waals surface area contributed by atoms with E-state index in [1.54, 1.807) is 0 Å². The Balaban J connectivity index is 2.30. The highest BCUT2D eigenvalue weighted by molar-refractivity contribution is 5.74. The van der Waals surface area contributed by atoms with Crippen molar-refractivity contribution in [3.8, 4) is 0 Å². The molecule has 5 heteroatoms. The van der Waals surface area contributed by atoms with Gasteiger partial charge in [0.25, 0.3) is 0 Å². The SMILES string of the molecule is CC(C)(C)NC(=O)NCC1(O)CCOCC1. The van der Waals surface area contributed by atoms with E-state index in [0.717, 1.165) is 0 Å². The van der Waals surface area contributed by atoms with Crippen LogP contribution in [0.2, 0.25) is 0 Å². The van der Waals surface area contributed by atoms with E-state index in [2.05, 4.69) is 10.6 Å². The second-order valence-electron chi connectivity index (χ2n) is 5.39. The van der Waals surface area contributed by atoms with Gasteiger partial charge in [-0.3, -0.25) is 0 Å². The molecule has 0 saturated carbocycles. The molecule has 0 aromatic heterocycles. The Kier molecular flexibility index (Phi) is 4.15. The summed E-state index contributed by atoms with van der Waals surface area (Å²) in [6, 6.07) is -0.243. The van der Waals surface area contributed by atoms with Crippen molar-refractivity contribution in [1.29, 1.82) is 0 Å². The summed E-state index contributed by atoms with van der Waals surface area (Å²) in [5.41, 5.74) is -1.07. The second-order valence-corrected chi connectivity index (χ2v) is 5.39. The summed E-state index contributed by atoms with van der Waals surface area (Å²) in [5.74, 6) is 0. The first-order chi connectivity index (χ1) is 7.31. The third kappa shape index (κ3) is 4.81. The number of hydrogen-bond acceptors (Lipinski definition) is 3. The van der Waals surface area contributed by atoms with Crippen molar-refractivity contribution in [1.82, 2.24) is 10.6 Å². The molecule has 3 N–H and O–H groups in total. The highest BCUT2D eigenvalue weighted by Gasteiger charge is 2.30. The van der Waals surface area contributed by atoms with Gasteiger partial charge < -0.3 is 20.5 Å². The third-order valence-corrected chi connectivity index (χ3v) is 2.49. The molecule has 0 spiro atoms. The van der Waals surface area contributed by atoms with Gasteiger partial charge >= 0.3 is 6.03 Å². The number of ether oxygens (including phenoxy) is 1. The molecule has 1 rings (SSSR count). The Hall–Kier alpha value is -0.810. The van der Waals surface area contributed by atoms with Crippen molar-refractivity contribution >= 4 is 6.03 Å². The molecule has 94 valence electrons. The van der Waals surface area contributed by atoms with E-state index in [1.807, 2.05) is 20.8 Å². The highest BCUT2D eigenvalue weighted by Crippen LogP contribution is 2.19. The van der Waals surface area contributed by atoms with Gasteiger partial charge in [-0.1, -0.05) is 0 Å². The van der Waals surface area contributed by atoms with Gasteiger partial charge in [0.15, 0.2) is 0 Å². The van der Waals surface area contributed by atoms with Crippen LogP contribution in [-0.2, 0) is 4.74 Å². The first-order valence-corrected chi connectivity index (χ1v) is 5.67. The van der Waals surface area contributed by atoms with Gasteiger partial charge in [0.2, 0.25) is 0 Å². The van der Waals surface area contributed by atoms with E-state index < -0.39 is 5.60 Å². The van der Waals surface area contributed by atoms with Gasteiger partial charge in [-0.05, 0) is 20.8 Å². The minimum atomic E-state index is -0.812. The summed E-state index contributed by atoms with van der Waals surface area (Å²) < 4.78 is 5.16. The lowest BCUT2D eigenvalue weighted by Gasteiger charge is -2.32. The lowest BCUT2D eigenvalue weighted by atomic mass is 9.94. The molecule has 0 bridgehead atoms. The lowest BCUT2D eigenvalue weighted by molar-refractivity contribution is -0.0601. The predicted molar refractivity (Wildman–Crippen MR) is 61.3 cm³/mol. The maximum Gasteiger partial charge on any atom is 0.315 e. The minimum Gasteiger partial charge on any atom is -0.388 e. The molecule has 1 saturated heterocycles. The first kappa shape index (κ1) is 13.3. The van der Waals surface area contributed by atoms with Crippen LogP contribution < -0.4 is 10.6 Å². The number of nitrogens with one attached hydrogen (secondary N) is 2. The average Bonchev–Trinajstić information content (AvgIpc) is 2.14. The average molecular weight is 230 g/mol. The quantitative estimate of drug-likeness (QED) is 0.651. The van der Waals surface area contributed by atoms with Crippen LogP contribution in [-0.4, -0.2) is 42.0 Å². The highest BCUT2D eigenvalue weighted by atomic mass is 16.5. The Labute approximate surface area is 96.6 Å². The Morgan fingerprint density at radius 1 is 1.38 bits per heavy atom. The molecule has 16 heavy (non-hydrogen) atoms. The monoisotopic (exact) mass is 230 g/mol. The Morgan fingerprint density at radius 2 is 1.94 bits per heavy atom. The fourth-order valence-electron chi connectivity index (χ4n) is 1.56. The van der Waals surface area contributed by atoms with E-state index in [0.29, 0.717) is 26.1 Å². The Bertz CT molecular complexity index is 242. The van der Waals surface area contributed by atoms with Gasteiger partial charge in [0.05, 0.1) is 5.60 Å². The summed E-state index contributed by atoms with van der Waals surface area (Å²) in [4.78, 5) is 11.5. The fourth-order valence-corrected chi connectivity index (χ4v) is 1.56. The molecule has 2 amide bonds. The molecular formula is C11H22N2O3. The smallest absolute Gasteiger partial charge is 0.315 e. The normalized spacial score (nSPS) is 20.2. The van der Waals surface area contributed by atoms with Gasteiger partial charge in [0, 0.05) is 38.1 Å². The summed E-state index contributed by atoms with van der Waals surface area (Å²) in [6.07, 6.45) is 1.14. The number of aliphatic hydroxyl groups is 1. The largest absolute Gasteiger partial charge is 0.388 e. The van der Waals surface area contributed by atoms with Crippen LogP contribution >= 0.6 is 0 Å². The Morgan fingerprint density at radius 3 is 2.44 bits per heavy atom. The molecule has 0 radical (unpaired) electrons. The van der Waals surface area contributed by atoms with Gasteiger partial charge in [0.1, 0.15) is 0 Å². The van der Waals surface area contributed by atoms with E-state index in [1.165, 1.54) is 0 Å². The van der Waals surface area contributed by atoms with Crippen LogP contribution in [0.4, 0.5) is 4.79 Å². The van der Waals surface area contributed by atoms with Crippen molar-refractivity contribution < 1.29 is 14.6 Å². The third-order valence-electron chi connectivity index (χ3n) is 2.49. The minimum absolute atomic E-state index is 0.243. The predicted octanol–water partition coefficient (Wildman–Crippen LogP) is 0.626. The summed E-state index contributed by atoms with van der Waals surface area (Å²) in [7, 11) is 0. The molecule has 1 fully saturated rings. The second kappa shape index (κ2) is 5.01. The van der Waals surface area contributed by atoms with E-state index >= 15 is 0 Å². The fraction of sp³-hybridized carbons (Fsp3) is 0.909.